The minimum atomic E-state index is -0.669. The molecule has 0 saturated heterocycles. The maximum atomic E-state index is 12.8. The fourth-order valence-corrected chi connectivity index (χ4v) is 1.82. The summed E-state index contributed by atoms with van der Waals surface area (Å²) in [6, 6.07) is 3.03. The molecule has 0 aromatic heterocycles. The van der Waals surface area contributed by atoms with Crippen molar-refractivity contribution in [2.45, 2.75) is 31.5 Å². The van der Waals surface area contributed by atoms with Gasteiger partial charge >= 0.3 is 0 Å². The van der Waals surface area contributed by atoms with E-state index in [2.05, 4.69) is 0 Å². The second-order valence-electron chi connectivity index (χ2n) is 3.76. The van der Waals surface area contributed by atoms with E-state index in [9.17, 15) is 13.9 Å². The number of hydrogen-bond acceptors (Lipinski definition) is 2. The zero-order chi connectivity index (χ0) is 10.8. The minimum absolute atomic E-state index is 0.137. The highest BCUT2D eigenvalue weighted by molar-refractivity contribution is 5.24. The van der Waals surface area contributed by atoms with Gasteiger partial charge in [0.2, 0.25) is 0 Å². The summed E-state index contributed by atoms with van der Waals surface area (Å²) >= 11 is 0. The van der Waals surface area contributed by atoms with Crippen molar-refractivity contribution in [3.8, 4) is 5.75 Å². The van der Waals surface area contributed by atoms with E-state index < -0.39 is 17.7 Å². The van der Waals surface area contributed by atoms with Gasteiger partial charge in [-0.05, 0) is 19.3 Å². The van der Waals surface area contributed by atoms with Crippen LogP contribution < -0.4 is 4.74 Å². The van der Waals surface area contributed by atoms with Gasteiger partial charge in [0, 0.05) is 18.2 Å². The monoisotopic (exact) mass is 214 g/mol. The highest BCUT2D eigenvalue weighted by Gasteiger charge is 2.27. The van der Waals surface area contributed by atoms with Crippen LogP contribution in [0.15, 0.2) is 18.2 Å². The van der Waals surface area contributed by atoms with Crippen LogP contribution in [0, 0.1) is 11.6 Å². The highest BCUT2D eigenvalue weighted by atomic mass is 19.1. The van der Waals surface area contributed by atoms with Crippen LogP contribution >= 0.6 is 0 Å². The number of hydrogen-bond donors (Lipinski definition) is 1. The molecule has 0 heterocycles. The molecule has 82 valence electrons. The Kier molecular flexibility index (Phi) is 2.86. The Labute approximate surface area is 86.5 Å². The van der Waals surface area contributed by atoms with Crippen LogP contribution in [0.5, 0.6) is 5.75 Å². The molecule has 1 aliphatic rings. The molecule has 1 aromatic rings. The average molecular weight is 214 g/mol. The number of aliphatic hydroxyl groups excluding tert-OH is 1. The molecular weight excluding hydrogens is 202 g/mol. The molecule has 4 heteroatoms. The minimum Gasteiger partial charge on any atom is -0.488 e. The summed E-state index contributed by atoms with van der Waals surface area (Å²) in [5.74, 6) is -1.20. The van der Waals surface area contributed by atoms with E-state index >= 15 is 0 Å². The first-order chi connectivity index (χ1) is 7.15. The molecule has 1 fully saturated rings. The number of halogens is 2. The Hall–Kier alpha value is -1.16. The van der Waals surface area contributed by atoms with Gasteiger partial charge in [-0.15, -0.1) is 0 Å². The maximum Gasteiger partial charge on any atom is 0.129 e. The van der Waals surface area contributed by atoms with E-state index in [1.54, 1.807) is 0 Å². The summed E-state index contributed by atoms with van der Waals surface area (Å²) in [6.45, 7) is 0. The van der Waals surface area contributed by atoms with Crippen LogP contribution in [-0.4, -0.2) is 17.3 Å². The predicted molar refractivity (Wildman–Crippen MR) is 50.6 cm³/mol. The van der Waals surface area contributed by atoms with Crippen LogP contribution in [-0.2, 0) is 0 Å². The highest BCUT2D eigenvalue weighted by Crippen LogP contribution is 2.25. The molecule has 0 unspecified atom stereocenters. The number of rotatable bonds is 2. The van der Waals surface area contributed by atoms with Crippen molar-refractivity contribution in [3.05, 3.63) is 29.8 Å². The van der Waals surface area contributed by atoms with Gasteiger partial charge in [0.25, 0.3) is 0 Å². The van der Waals surface area contributed by atoms with E-state index in [0.29, 0.717) is 6.42 Å². The number of ether oxygens (including phenoxy) is 1. The van der Waals surface area contributed by atoms with E-state index in [-0.39, 0.29) is 11.9 Å². The van der Waals surface area contributed by atoms with Gasteiger partial charge in [0.1, 0.15) is 23.5 Å². The van der Waals surface area contributed by atoms with E-state index in [0.717, 1.165) is 31.0 Å². The molecule has 0 amide bonds. The molecule has 1 aromatic carbocycles. The topological polar surface area (TPSA) is 29.5 Å². The summed E-state index contributed by atoms with van der Waals surface area (Å²) < 4.78 is 31.0. The van der Waals surface area contributed by atoms with Crippen LogP contribution in [0.25, 0.3) is 0 Å². The van der Waals surface area contributed by atoms with Gasteiger partial charge in [-0.3, -0.25) is 0 Å². The molecule has 0 radical (unpaired) electrons. The van der Waals surface area contributed by atoms with E-state index in [1.807, 2.05) is 0 Å². The third kappa shape index (κ3) is 2.45. The third-order valence-electron chi connectivity index (χ3n) is 2.54. The fourth-order valence-electron chi connectivity index (χ4n) is 1.82. The quantitative estimate of drug-likeness (QED) is 0.818. The van der Waals surface area contributed by atoms with Crippen LogP contribution in [0.2, 0.25) is 0 Å². The predicted octanol–water partition coefficient (Wildman–Crippen LogP) is 2.26. The van der Waals surface area contributed by atoms with E-state index in [4.69, 9.17) is 4.74 Å². The molecule has 0 spiro atoms. The van der Waals surface area contributed by atoms with Gasteiger partial charge in [-0.25, -0.2) is 8.78 Å². The fraction of sp³-hybridized carbons (Fsp3) is 0.455. The van der Waals surface area contributed by atoms with Crippen molar-refractivity contribution in [2.75, 3.05) is 0 Å². The first-order valence-electron chi connectivity index (χ1n) is 4.96. The molecule has 2 nitrogen and oxygen atoms in total. The van der Waals surface area contributed by atoms with Gasteiger partial charge in [-0.1, -0.05) is 0 Å². The molecule has 0 bridgehead atoms. The van der Waals surface area contributed by atoms with Gasteiger partial charge in [0.05, 0.1) is 6.10 Å². The molecule has 15 heavy (non-hydrogen) atoms. The van der Waals surface area contributed by atoms with Gasteiger partial charge in [-0.2, -0.15) is 0 Å². The van der Waals surface area contributed by atoms with Crippen LogP contribution in [0.1, 0.15) is 19.3 Å². The first-order valence-corrected chi connectivity index (χ1v) is 4.96. The lowest BCUT2D eigenvalue weighted by atomic mass is 10.2. The SMILES string of the molecule is O[C@H]1CCC[C@@H]1Oc1cc(F)cc(F)c1. The first kappa shape index (κ1) is 10.4. The van der Waals surface area contributed by atoms with Crippen molar-refractivity contribution in [1.29, 1.82) is 0 Å². The second-order valence-corrected chi connectivity index (χ2v) is 3.76. The van der Waals surface area contributed by atoms with E-state index in [1.165, 1.54) is 0 Å². The van der Waals surface area contributed by atoms with Gasteiger partial charge in [0.15, 0.2) is 0 Å². The largest absolute Gasteiger partial charge is 0.488 e. The summed E-state index contributed by atoms with van der Waals surface area (Å²) in [5.41, 5.74) is 0. The molecular formula is C11H12F2O2. The smallest absolute Gasteiger partial charge is 0.129 e. The van der Waals surface area contributed by atoms with Crippen molar-refractivity contribution < 1.29 is 18.6 Å². The summed E-state index contributed by atoms with van der Waals surface area (Å²) in [5, 5.41) is 9.48. The zero-order valence-corrected chi connectivity index (χ0v) is 8.12. The van der Waals surface area contributed by atoms with Crippen molar-refractivity contribution in [2.24, 2.45) is 0 Å². The summed E-state index contributed by atoms with van der Waals surface area (Å²) in [4.78, 5) is 0. The standard InChI is InChI=1S/C11H12F2O2/c12-7-4-8(13)6-9(5-7)15-11-3-1-2-10(11)14/h4-6,10-11,14H,1-3H2/t10-,11-/m0/s1. The van der Waals surface area contributed by atoms with Gasteiger partial charge < -0.3 is 9.84 Å². The Balaban J connectivity index is 2.10. The normalized spacial score (nSPS) is 25.5. The molecule has 2 atom stereocenters. The Morgan fingerprint density at radius 1 is 1.13 bits per heavy atom. The summed E-state index contributed by atoms with van der Waals surface area (Å²) in [6.07, 6.45) is 1.41. The van der Waals surface area contributed by atoms with Crippen molar-refractivity contribution >= 4 is 0 Å². The zero-order valence-electron chi connectivity index (χ0n) is 8.12. The number of benzene rings is 1. The van der Waals surface area contributed by atoms with Crippen molar-refractivity contribution in [1.82, 2.24) is 0 Å². The molecule has 1 saturated carbocycles. The van der Waals surface area contributed by atoms with Crippen LogP contribution in [0.4, 0.5) is 8.78 Å². The lowest BCUT2D eigenvalue weighted by Gasteiger charge is -2.16. The lowest BCUT2D eigenvalue weighted by Crippen LogP contribution is -2.25. The molecule has 1 aliphatic carbocycles. The third-order valence-corrected chi connectivity index (χ3v) is 2.54. The Morgan fingerprint density at radius 2 is 1.80 bits per heavy atom. The maximum absolute atomic E-state index is 12.8. The second kappa shape index (κ2) is 4.14. The molecule has 2 rings (SSSR count). The molecule has 1 N–H and O–H groups in total. The lowest BCUT2D eigenvalue weighted by molar-refractivity contribution is 0.0600. The van der Waals surface area contributed by atoms with Crippen LogP contribution in [0.3, 0.4) is 0 Å². The molecule has 0 aliphatic heterocycles. The van der Waals surface area contributed by atoms with Crippen molar-refractivity contribution in [3.63, 3.8) is 0 Å². The average Bonchev–Trinajstić information content (AvgIpc) is 2.50. The Morgan fingerprint density at radius 3 is 2.33 bits per heavy atom. The number of aliphatic hydroxyl groups is 1. The summed E-state index contributed by atoms with van der Waals surface area (Å²) in [7, 11) is 0. The Bertz CT molecular complexity index is 334.